The Labute approximate surface area is 146 Å². The highest BCUT2D eigenvalue weighted by molar-refractivity contribution is 5.77. The predicted molar refractivity (Wildman–Crippen MR) is 88.1 cm³/mol. The van der Waals surface area contributed by atoms with E-state index in [9.17, 15) is 13.6 Å². The summed E-state index contributed by atoms with van der Waals surface area (Å²) in [5.74, 6) is 0.788. The number of carbonyl (C=O) groups excluding carboxylic acids is 1. The smallest absolute Gasteiger partial charge is 0.261 e. The maximum Gasteiger partial charge on any atom is 0.261 e. The molecule has 3 rings (SSSR count). The molecule has 1 unspecified atom stereocenters. The molecule has 1 atom stereocenters. The van der Waals surface area contributed by atoms with Crippen LogP contribution in [0.25, 0.3) is 0 Å². The summed E-state index contributed by atoms with van der Waals surface area (Å²) in [5, 5.41) is 3.37. The standard InChI is InChI=1S/C17H26F2N4O2/c1-22-8-7-21-15(22)11-23(16(24)2-9-25-12-14(18)19)13-10-17(13)3-5-20-6-4-17/h7-8,13-14,20H,2-6,9-12H2,1H3. The predicted octanol–water partition coefficient (Wildman–Crippen LogP) is 1.56. The summed E-state index contributed by atoms with van der Waals surface area (Å²) in [6.07, 6.45) is 4.37. The van der Waals surface area contributed by atoms with Gasteiger partial charge in [-0.3, -0.25) is 4.79 Å². The fraction of sp³-hybridized carbons (Fsp3) is 0.765. The Balaban J connectivity index is 1.62. The Bertz CT molecular complexity index is 587. The second-order valence-electron chi connectivity index (χ2n) is 7.02. The average Bonchev–Trinajstić information content (AvgIpc) is 3.09. The molecule has 140 valence electrons. The topological polar surface area (TPSA) is 59.4 Å². The Morgan fingerprint density at radius 1 is 1.52 bits per heavy atom. The van der Waals surface area contributed by atoms with Gasteiger partial charge in [-0.25, -0.2) is 13.8 Å². The number of hydrogen-bond acceptors (Lipinski definition) is 4. The van der Waals surface area contributed by atoms with Crippen molar-refractivity contribution in [1.82, 2.24) is 19.8 Å². The molecule has 2 fully saturated rings. The van der Waals surface area contributed by atoms with E-state index in [1.54, 1.807) is 6.20 Å². The zero-order valence-electron chi connectivity index (χ0n) is 14.6. The summed E-state index contributed by atoms with van der Waals surface area (Å²) in [6.45, 7) is 1.83. The summed E-state index contributed by atoms with van der Waals surface area (Å²) >= 11 is 0. The zero-order chi connectivity index (χ0) is 17.9. The molecule has 0 bridgehead atoms. The number of piperidine rings is 1. The Morgan fingerprint density at radius 2 is 2.28 bits per heavy atom. The molecule has 0 radical (unpaired) electrons. The fourth-order valence-corrected chi connectivity index (χ4v) is 3.78. The monoisotopic (exact) mass is 356 g/mol. The normalized spacial score (nSPS) is 21.7. The highest BCUT2D eigenvalue weighted by atomic mass is 19.3. The molecule has 25 heavy (non-hydrogen) atoms. The summed E-state index contributed by atoms with van der Waals surface area (Å²) in [5.41, 5.74) is 0.218. The van der Waals surface area contributed by atoms with Crippen molar-refractivity contribution in [3.8, 4) is 0 Å². The number of aromatic nitrogens is 2. The van der Waals surface area contributed by atoms with Gasteiger partial charge >= 0.3 is 0 Å². The minimum absolute atomic E-state index is 0.0293. The van der Waals surface area contributed by atoms with Crippen molar-refractivity contribution in [2.24, 2.45) is 12.5 Å². The summed E-state index contributed by atoms with van der Waals surface area (Å²) < 4.78 is 31.1. The van der Waals surface area contributed by atoms with E-state index in [1.807, 2.05) is 22.7 Å². The number of aryl methyl sites for hydroxylation is 1. The molecule has 1 spiro atoms. The van der Waals surface area contributed by atoms with E-state index in [4.69, 9.17) is 4.74 Å². The van der Waals surface area contributed by atoms with Gasteiger partial charge in [0.2, 0.25) is 5.91 Å². The Kier molecular flexibility index (Phi) is 5.68. The van der Waals surface area contributed by atoms with Gasteiger partial charge in [0.1, 0.15) is 12.4 Å². The third kappa shape index (κ3) is 4.36. The van der Waals surface area contributed by atoms with Gasteiger partial charge in [-0.1, -0.05) is 0 Å². The summed E-state index contributed by atoms with van der Waals surface area (Å²) in [6, 6.07) is 0.217. The van der Waals surface area contributed by atoms with Crippen molar-refractivity contribution in [3.05, 3.63) is 18.2 Å². The second-order valence-corrected chi connectivity index (χ2v) is 7.02. The molecule has 1 amide bonds. The van der Waals surface area contributed by atoms with E-state index < -0.39 is 13.0 Å². The van der Waals surface area contributed by atoms with Gasteiger partial charge in [0.05, 0.1) is 19.6 Å². The van der Waals surface area contributed by atoms with Gasteiger partial charge in [0.25, 0.3) is 6.43 Å². The molecule has 1 saturated heterocycles. The third-order valence-electron chi connectivity index (χ3n) is 5.38. The van der Waals surface area contributed by atoms with Crippen molar-refractivity contribution in [3.63, 3.8) is 0 Å². The number of alkyl halides is 2. The molecular weight excluding hydrogens is 330 g/mol. The van der Waals surface area contributed by atoms with Crippen LogP contribution in [-0.4, -0.2) is 59.1 Å². The number of rotatable bonds is 8. The largest absolute Gasteiger partial charge is 0.375 e. The van der Waals surface area contributed by atoms with E-state index >= 15 is 0 Å². The maximum absolute atomic E-state index is 12.7. The lowest BCUT2D eigenvalue weighted by atomic mass is 9.93. The fourth-order valence-electron chi connectivity index (χ4n) is 3.78. The lowest BCUT2D eigenvalue weighted by Crippen LogP contribution is -2.40. The molecule has 6 nitrogen and oxygen atoms in total. The maximum atomic E-state index is 12.7. The van der Waals surface area contributed by atoms with Gasteiger partial charge in [0.15, 0.2) is 0 Å². The lowest BCUT2D eigenvalue weighted by Gasteiger charge is -2.29. The van der Waals surface area contributed by atoms with Crippen LogP contribution in [0.15, 0.2) is 12.4 Å². The lowest BCUT2D eigenvalue weighted by molar-refractivity contribution is -0.134. The molecule has 1 aromatic heterocycles. The first-order chi connectivity index (χ1) is 12.0. The van der Waals surface area contributed by atoms with Crippen LogP contribution in [0.1, 0.15) is 31.5 Å². The van der Waals surface area contributed by atoms with E-state index in [-0.39, 0.29) is 30.4 Å². The first-order valence-electron chi connectivity index (χ1n) is 8.84. The second kappa shape index (κ2) is 7.78. The number of carbonyl (C=O) groups is 1. The number of imidazole rings is 1. The van der Waals surface area contributed by atoms with Gasteiger partial charge in [-0.05, 0) is 37.8 Å². The number of nitrogens with zero attached hydrogens (tertiary/aromatic N) is 3. The first-order valence-corrected chi connectivity index (χ1v) is 8.84. The SMILES string of the molecule is Cn1ccnc1CN(C(=O)CCOCC(F)F)C1CC12CCNCC2. The number of amides is 1. The molecule has 1 aliphatic carbocycles. The van der Waals surface area contributed by atoms with Gasteiger partial charge in [0, 0.05) is 25.5 Å². The molecule has 0 aromatic carbocycles. The molecule has 1 N–H and O–H groups in total. The third-order valence-corrected chi connectivity index (χ3v) is 5.38. The van der Waals surface area contributed by atoms with Crippen LogP contribution in [0.4, 0.5) is 8.78 Å². The van der Waals surface area contributed by atoms with Crippen LogP contribution in [-0.2, 0) is 23.1 Å². The Hall–Kier alpha value is -1.54. The minimum Gasteiger partial charge on any atom is -0.375 e. The molecule has 2 heterocycles. The van der Waals surface area contributed by atoms with Crippen molar-refractivity contribution in [2.75, 3.05) is 26.3 Å². The number of hydrogen-bond donors (Lipinski definition) is 1. The highest BCUT2D eigenvalue weighted by Gasteiger charge is 2.57. The van der Waals surface area contributed by atoms with Crippen LogP contribution >= 0.6 is 0 Å². The van der Waals surface area contributed by atoms with Gasteiger partial charge in [-0.2, -0.15) is 0 Å². The first kappa shape index (κ1) is 18.3. The van der Waals surface area contributed by atoms with Crippen molar-refractivity contribution in [2.45, 2.75) is 44.7 Å². The van der Waals surface area contributed by atoms with E-state index in [0.29, 0.717) is 6.54 Å². The average molecular weight is 356 g/mol. The van der Waals surface area contributed by atoms with Crippen LogP contribution < -0.4 is 5.32 Å². The van der Waals surface area contributed by atoms with E-state index in [0.717, 1.165) is 38.2 Å². The van der Waals surface area contributed by atoms with Crippen molar-refractivity contribution < 1.29 is 18.3 Å². The molecule has 2 aliphatic rings. The molecule has 8 heteroatoms. The van der Waals surface area contributed by atoms with E-state index in [2.05, 4.69) is 10.3 Å². The highest BCUT2D eigenvalue weighted by Crippen LogP contribution is 2.56. The van der Waals surface area contributed by atoms with Crippen LogP contribution in [0.3, 0.4) is 0 Å². The van der Waals surface area contributed by atoms with Gasteiger partial charge in [-0.15, -0.1) is 0 Å². The number of nitrogens with one attached hydrogen (secondary N) is 1. The minimum atomic E-state index is -2.50. The van der Waals surface area contributed by atoms with Gasteiger partial charge < -0.3 is 19.5 Å². The van der Waals surface area contributed by atoms with Crippen LogP contribution in [0.5, 0.6) is 0 Å². The molecular formula is C17H26F2N4O2. The number of halogens is 2. The summed E-state index contributed by atoms with van der Waals surface area (Å²) in [4.78, 5) is 19.0. The van der Waals surface area contributed by atoms with Crippen molar-refractivity contribution in [1.29, 1.82) is 0 Å². The number of ether oxygens (including phenoxy) is 1. The van der Waals surface area contributed by atoms with Crippen LogP contribution in [0, 0.1) is 5.41 Å². The molecule has 1 aromatic rings. The molecule has 1 saturated carbocycles. The Morgan fingerprint density at radius 3 is 2.92 bits per heavy atom. The van der Waals surface area contributed by atoms with Crippen LogP contribution in [0.2, 0.25) is 0 Å². The zero-order valence-corrected chi connectivity index (χ0v) is 14.6. The molecule has 1 aliphatic heterocycles. The van der Waals surface area contributed by atoms with Crippen molar-refractivity contribution >= 4 is 5.91 Å². The quantitative estimate of drug-likeness (QED) is 0.718. The van der Waals surface area contributed by atoms with E-state index in [1.165, 1.54) is 0 Å². The summed E-state index contributed by atoms with van der Waals surface area (Å²) in [7, 11) is 1.91.